The van der Waals surface area contributed by atoms with Crippen molar-refractivity contribution in [3.8, 4) is 56.2 Å². The Morgan fingerprint density at radius 1 is 0.362 bits per heavy atom. The maximum Gasteiger partial charge on any atom is 0.160 e. The van der Waals surface area contributed by atoms with Crippen molar-refractivity contribution in [3.63, 3.8) is 0 Å². The van der Waals surface area contributed by atoms with Crippen molar-refractivity contribution in [1.82, 2.24) is 9.97 Å². The van der Waals surface area contributed by atoms with Crippen LogP contribution in [0.1, 0.15) is 0 Å². The van der Waals surface area contributed by atoms with Crippen molar-refractivity contribution in [2.45, 2.75) is 0 Å². The summed E-state index contributed by atoms with van der Waals surface area (Å²) in [4.78, 5) is 10.4. The first-order valence-electron chi connectivity index (χ1n) is 15.8. The SMILES string of the molecule is c1ccc(-c2cc(-c3cc(-c4ccc5ccccc5c4)nc(-c4ccccc4)n3)cc(-c3cccc4sc5ccccc5c34)c2)cc1. The van der Waals surface area contributed by atoms with Crippen LogP contribution in [0.25, 0.3) is 87.1 Å². The molecule has 0 aliphatic heterocycles. The third-order valence-corrected chi connectivity index (χ3v) is 9.99. The number of benzene rings is 7. The summed E-state index contributed by atoms with van der Waals surface area (Å²) in [5, 5.41) is 5.00. The lowest BCUT2D eigenvalue weighted by Crippen LogP contribution is -1.96. The Balaban J connectivity index is 1.30. The molecule has 0 radical (unpaired) electrons. The smallest absolute Gasteiger partial charge is 0.160 e. The lowest BCUT2D eigenvalue weighted by atomic mass is 9.92. The van der Waals surface area contributed by atoms with Crippen LogP contribution in [-0.4, -0.2) is 9.97 Å². The highest BCUT2D eigenvalue weighted by Crippen LogP contribution is 2.42. The highest BCUT2D eigenvalue weighted by molar-refractivity contribution is 7.25. The van der Waals surface area contributed by atoms with Gasteiger partial charge in [-0.3, -0.25) is 0 Å². The Bertz CT molecular complexity index is 2570. The van der Waals surface area contributed by atoms with E-state index in [1.54, 1.807) is 0 Å². The largest absolute Gasteiger partial charge is 0.228 e. The van der Waals surface area contributed by atoms with Gasteiger partial charge in [0, 0.05) is 36.9 Å². The average Bonchev–Trinajstić information content (AvgIpc) is 3.54. The predicted molar refractivity (Wildman–Crippen MR) is 200 cm³/mol. The van der Waals surface area contributed by atoms with Gasteiger partial charge in [-0.1, -0.05) is 127 Å². The quantitative estimate of drug-likeness (QED) is 0.192. The molecule has 2 aromatic heterocycles. The van der Waals surface area contributed by atoms with Gasteiger partial charge in [-0.25, -0.2) is 9.97 Å². The first-order valence-corrected chi connectivity index (χ1v) is 16.6. The van der Waals surface area contributed by atoms with Gasteiger partial charge in [0.1, 0.15) is 0 Å². The summed E-state index contributed by atoms with van der Waals surface area (Å²) in [6.07, 6.45) is 0. The standard InChI is InChI=1S/C44H28N2S/c1-3-12-29(13-4-1)34-25-35(37-19-11-21-42-43(37)38-18-9-10-20-41(38)47-42)27-36(26-34)40-28-39(45-44(46-40)31-15-5-2-6-16-31)33-23-22-30-14-7-8-17-32(30)24-33/h1-28H. The van der Waals surface area contributed by atoms with Crippen molar-refractivity contribution in [3.05, 3.63) is 170 Å². The average molecular weight is 617 g/mol. The minimum absolute atomic E-state index is 0.712. The highest BCUT2D eigenvalue weighted by Gasteiger charge is 2.16. The molecule has 0 saturated heterocycles. The number of hydrogen-bond donors (Lipinski definition) is 0. The second-order valence-electron chi connectivity index (χ2n) is 11.8. The maximum absolute atomic E-state index is 5.22. The van der Waals surface area contributed by atoms with E-state index in [2.05, 4.69) is 152 Å². The Labute approximate surface area is 277 Å². The number of thiophene rings is 1. The van der Waals surface area contributed by atoms with Crippen molar-refractivity contribution in [2.75, 3.05) is 0 Å². The van der Waals surface area contributed by atoms with Crippen LogP contribution in [0.2, 0.25) is 0 Å². The zero-order chi connectivity index (χ0) is 31.2. The van der Waals surface area contributed by atoms with Crippen LogP contribution in [0.15, 0.2) is 170 Å². The van der Waals surface area contributed by atoms with Crippen LogP contribution in [0.3, 0.4) is 0 Å². The van der Waals surface area contributed by atoms with Gasteiger partial charge in [-0.2, -0.15) is 0 Å². The van der Waals surface area contributed by atoms with Crippen LogP contribution < -0.4 is 0 Å². The van der Waals surface area contributed by atoms with Crippen molar-refractivity contribution in [2.24, 2.45) is 0 Å². The Morgan fingerprint density at radius 2 is 1.00 bits per heavy atom. The van der Waals surface area contributed by atoms with Crippen LogP contribution in [0.5, 0.6) is 0 Å². The second-order valence-corrected chi connectivity index (χ2v) is 12.9. The molecule has 2 nitrogen and oxygen atoms in total. The van der Waals surface area contributed by atoms with E-state index in [9.17, 15) is 0 Å². The summed E-state index contributed by atoms with van der Waals surface area (Å²) in [7, 11) is 0. The first kappa shape index (κ1) is 27.4. The third-order valence-electron chi connectivity index (χ3n) is 8.85. The number of aromatic nitrogens is 2. The molecular formula is C44H28N2S. The van der Waals surface area contributed by atoms with Crippen molar-refractivity contribution in [1.29, 1.82) is 0 Å². The van der Waals surface area contributed by atoms with Gasteiger partial charge in [-0.05, 0) is 75.5 Å². The van der Waals surface area contributed by atoms with Gasteiger partial charge in [-0.15, -0.1) is 11.3 Å². The van der Waals surface area contributed by atoms with Gasteiger partial charge >= 0.3 is 0 Å². The number of hydrogen-bond acceptors (Lipinski definition) is 3. The third kappa shape index (κ3) is 5.07. The van der Waals surface area contributed by atoms with Gasteiger partial charge in [0.25, 0.3) is 0 Å². The minimum Gasteiger partial charge on any atom is -0.228 e. The first-order chi connectivity index (χ1) is 23.3. The molecule has 2 heterocycles. The number of fused-ring (bicyclic) bond motifs is 4. The topological polar surface area (TPSA) is 25.8 Å². The zero-order valence-electron chi connectivity index (χ0n) is 25.5. The van der Waals surface area contributed by atoms with Crippen molar-refractivity contribution >= 4 is 42.3 Å². The molecule has 0 N–H and O–H groups in total. The summed E-state index contributed by atoms with van der Waals surface area (Å²) in [5.74, 6) is 0.712. The second kappa shape index (κ2) is 11.5. The molecule has 0 unspecified atom stereocenters. The molecule has 7 aromatic carbocycles. The van der Waals surface area contributed by atoms with E-state index in [1.807, 2.05) is 29.5 Å². The lowest BCUT2D eigenvalue weighted by Gasteiger charge is -2.14. The zero-order valence-corrected chi connectivity index (χ0v) is 26.3. The highest BCUT2D eigenvalue weighted by atomic mass is 32.1. The Morgan fingerprint density at radius 3 is 1.83 bits per heavy atom. The van der Waals surface area contributed by atoms with Gasteiger partial charge in [0.05, 0.1) is 11.4 Å². The molecular weight excluding hydrogens is 589 g/mol. The van der Waals surface area contributed by atoms with Crippen LogP contribution in [0, 0.1) is 0 Å². The van der Waals surface area contributed by atoms with Crippen molar-refractivity contribution < 1.29 is 0 Å². The molecule has 0 bridgehead atoms. The molecule has 0 aliphatic rings. The summed E-state index contributed by atoms with van der Waals surface area (Å²) in [5.41, 5.74) is 9.63. The number of rotatable bonds is 5. The van der Waals surface area contributed by atoms with E-state index in [-0.39, 0.29) is 0 Å². The van der Waals surface area contributed by atoms with Gasteiger partial charge in [0.2, 0.25) is 0 Å². The Kier molecular flexibility index (Phi) is 6.69. The van der Waals surface area contributed by atoms with E-state index in [4.69, 9.17) is 9.97 Å². The summed E-state index contributed by atoms with van der Waals surface area (Å²) in [6, 6.07) is 60.4. The molecule has 220 valence electrons. The molecule has 0 fully saturated rings. The van der Waals surface area contributed by atoms with Gasteiger partial charge in [0.15, 0.2) is 5.82 Å². The van der Waals surface area contributed by atoms with E-state index in [1.165, 1.54) is 47.6 Å². The molecule has 3 heteroatoms. The normalized spacial score (nSPS) is 11.4. The van der Waals surface area contributed by atoms with E-state index in [0.29, 0.717) is 5.82 Å². The maximum atomic E-state index is 5.22. The van der Waals surface area contributed by atoms with Crippen LogP contribution >= 0.6 is 11.3 Å². The molecule has 9 aromatic rings. The summed E-state index contributed by atoms with van der Waals surface area (Å²) in [6.45, 7) is 0. The number of nitrogens with zero attached hydrogens (tertiary/aromatic N) is 2. The van der Waals surface area contributed by atoms with E-state index in [0.717, 1.165) is 33.6 Å². The fourth-order valence-electron chi connectivity index (χ4n) is 6.55. The van der Waals surface area contributed by atoms with E-state index >= 15 is 0 Å². The Hall–Kier alpha value is -5.90. The molecule has 0 atom stereocenters. The molecule has 9 rings (SSSR count). The van der Waals surface area contributed by atoms with Crippen LogP contribution in [0.4, 0.5) is 0 Å². The monoisotopic (exact) mass is 616 g/mol. The van der Waals surface area contributed by atoms with E-state index < -0.39 is 0 Å². The molecule has 0 saturated carbocycles. The predicted octanol–water partition coefficient (Wildman–Crippen LogP) is 12.3. The van der Waals surface area contributed by atoms with Gasteiger partial charge < -0.3 is 0 Å². The fourth-order valence-corrected chi connectivity index (χ4v) is 7.68. The summed E-state index contributed by atoms with van der Waals surface area (Å²) < 4.78 is 2.60. The molecule has 47 heavy (non-hydrogen) atoms. The molecule has 0 amide bonds. The lowest BCUT2D eigenvalue weighted by molar-refractivity contribution is 1.18. The minimum atomic E-state index is 0.712. The van der Waals surface area contributed by atoms with Crippen LogP contribution in [-0.2, 0) is 0 Å². The molecule has 0 aliphatic carbocycles. The summed E-state index contributed by atoms with van der Waals surface area (Å²) >= 11 is 1.85. The molecule has 0 spiro atoms. The fraction of sp³-hybridized carbons (Fsp3) is 0.